The Hall–Kier alpha value is 0.270. The third-order valence-electron chi connectivity index (χ3n) is 2.74. The third kappa shape index (κ3) is 1.02. The number of hydrogen-bond acceptors (Lipinski definition) is 3. The first-order chi connectivity index (χ1) is 5.16. The van der Waals surface area contributed by atoms with Crippen LogP contribution in [0, 0.1) is 0 Å². The lowest BCUT2D eigenvalue weighted by atomic mass is 10.0. The fourth-order valence-corrected chi connectivity index (χ4v) is 3.40. The van der Waals surface area contributed by atoms with Gasteiger partial charge in [0.05, 0.1) is 6.61 Å². The lowest BCUT2D eigenvalue weighted by Gasteiger charge is -2.34. The average molecular weight is 174 g/mol. The van der Waals surface area contributed by atoms with E-state index < -0.39 is 5.60 Å². The van der Waals surface area contributed by atoms with Crippen LogP contribution in [0.4, 0.5) is 0 Å². The largest absolute Gasteiger partial charge is 0.386 e. The second kappa shape index (κ2) is 2.38. The Morgan fingerprint density at radius 1 is 1.45 bits per heavy atom. The highest BCUT2D eigenvalue weighted by atomic mass is 32.2. The van der Waals surface area contributed by atoms with Crippen LogP contribution in [0.25, 0.3) is 0 Å². The Labute approximate surface area is 71.3 Å². The molecule has 0 unspecified atom stereocenters. The minimum Gasteiger partial charge on any atom is -0.386 e. The zero-order valence-electron chi connectivity index (χ0n) is 6.80. The van der Waals surface area contributed by atoms with Gasteiger partial charge in [-0.1, -0.05) is 0 Å². The maximum absolute atomic E-state index is 10.00. The molecule has 1 saturated carbocycles. The van der Waals surface area contributed by atoms with Crippen molar-refractivity contribution in [2.75, 3.05) is 12.4 Å². The van der Waals surface area contributed by atoms with Gasteiger partial charge in [0.25, 0.3) is 0 Å². The Morgan fingerprint density at radius 3 is 2.73 bits per heavy atom. The van der Waals surface area contributed by atoms with Gasteiger partial charge in [-0.05, 0) is 26.2 Å². The number of hydrogen-bond donors (Lipinski definition) is 1. The monoisotopic (exact) mass is 174 g/mol. The molecule has 1 saturated heterocycles. The number of ether oxygens (including phenoxy) is 1. The van der Waals surface area contributed by atoms with Crippen LogP contribution in [0.2, 0.25) is 0 Å². The molecule has 2 rings (SSSR count). The van der Waals surface area contributed by atoms with E-state index in [4.69, 9.17) is 4.74 Å². The highest BCUT2D eigenvalue weighted by molar-refractivity contribution is 8.00. The average Bonchev–Trinajstić information content (AvgIpc) is 2.45. The van der Waals surface area contributed by atoms with Crippen molar-refractivity contribution in [3.63, 3.8) is 0 Å². The van der Waals surface area contributed by atoms with Crippen LogP contribution in [-0.4, -0.2) is 28.0 Å². The number of aliphatic hydroxyl groups is 1. The molecule has 1 aliphatic carbocycles. The van der Waals surface area contributed by atoms with Gasteiger partial charge in [-0.25, -0.2) is 0 Å². The molecule has 2 fully saturated rings. The van der Waals surface area contributed by atoms with E-state index in [1.165, 1.54) is 0 Å². The van der Waals surface area contributed by atoms with Gasteiger partial charge in [-0.2, -0.15) is 0 Å². The smallest absolute Gasteiger partial charge is 0.142 e. The molecule has 0 radical (unpaired) electrons. The summed E-state index contributed by atoms with van der Waals surface area (Å²) >= 11 is 1.79. The highest BCUT2D eigenvalue weighted by Gasteiger charge is 2.54. The fraction of sp³-hybridized carbons (Fsp3) is 1.00. The molecule has 0 aromatic heterocycles. The van der Waals surface area contributed by atoms with E-state index in [-0.39, 0.29) is 4.93 Å². The van der Waals surface area contributed by atoms with Gasteiger partial charge in [0.15, 0.2) is 0 Å². The summed E-state index contributed by atoms with van der Waals surface area (Å²) in [5.41, 5.74) is -0.589. The molecule has 1 spiro atoms. The van der Waals surface area contributed by atoms with Gasteiger partial charge >= 0.3 is 0 Å². The molecule has 2 aliphatic rings. The third-order valence-corrected chi connectivity index (χ3v) is 4.34. The van der Waals surface area contributed by atoms with Crippen LogP contribution in [0.1, 0.15) is 26.2 Å². The first-order valence-corrected chi connectivity index (χ1v) is 5.15. The molecule has 1 N–H and O–H groups in total. The van der Waals surface area contributed by atoms with Crippen LogP contribution in [0.3, 0.4) is 0 Å². The van der Waals surface area contributed by atoms with Gasteiger partial charge in [-0.3, -0.25) is 0 Å². The molecule has 2 nitrogen and oxygen atoms in total. The Kier molecular flexibility index (Phi) is 1.71. The maximum Gasteiger partial charge on any atom is 0.142 e. The van der Waals surface area contributed by atoms with E-state index in [0.717, 1.165) is 31.6 Å². The lowest BCUT2D eigenvalue weighted by molar-refractivity contribution is -0.0884. The van der Waals surface area contributed by atoms with Crippen LogP contribution in [0.5, 0.6) is 0 Å². The van der Waals surface area contributed by atoms with Gasteiger partial charge in [-0.15, -0.1) is 11.8 Å². The molecule has 11 heavy (non-hydrogen) atoms. The minimum absolute atomic E-state index is 0.243. The summed E-state index contributed by atoms with van der Waals surface area (Å²) in [4.78, 5) is -0.243. The summed E-state index contributed by atoms with van der Waals surface area (Å²) in [5.74, 6) is 1.04. The quantitative estimate of drug-likeness (QED) is 0.601. The predicted molar refractivity (Wildman–Crippen MR) is 45.6 cm³/mol. The van der Waals surface area contributed by atoms with Crippen molar-refractivity contribution < 1.29 is 9.84 Å². The van der Waals surface area contributed by atoms with Gasteiger partial charge < -0.3 is 9.84 Å². The van der Waals surface area contributed by atoms with Crippen LogP contribution in [0.15, 0.2) is 0 Å². The lowest BCUT2D eigenvalue weighted by Crippen LogP contribution is -2.44. The predicted octanol–water partition coefficient (Wildman–Crippen LogP) is 1.38. The van der Waals surface area contributed by atoms with Crippen molar-refractivity contribution in [2.24, 2.45) is 0 Å². The molecule has 3 heteroatoms. The summed E-state index contributed by atoms with van der Waals surface area (Å²) in [6.07, 6.45) is 3.00. The molecule has 0 aromatic rings. The zero-order valence-corrected chi connectivity index (χ0v) is 7.62. The van der Waals surface area contributed by atoms with Crippen molar-refractivity contribution in [1.82, 2.24) is 0 Å². The van der Waals surface area contributed by atoms with E-state index in [0.29, 0.717) is 0 Å². The van der Waals surface area contributed by atoms with Crippen LogP contribution < -0.4 is 0 Å². The summed E-state index contributed by atoms with van der Waals surface area (Å²) in [6, 6.07) is 0. The Balaban J connectivity index is 2.22. The molecular formula is C8H14O2S. The van der Waals surface area contributed by atoms with Crippen molar-refractivity contribution in [2.45, 2.75) is 36.7 Å². The van der Waals surface area contributed by atoms with Gasteiger partial charge in [0.2, 0.25) is 0 Å². The molecule has 1 aliphatic heterocycles. The van der Waals surface area contributed by atoms with Gasteiger partial charge in [0.1, 0.15) is 10.5 Å². The summed E-state index contributed by atoms with van der Waals surface area (Å²) < 4.78 is 5.63. The van der Waals surface area contributed by atoms with Gasteiger partial charge in [0, 0.05) is 5.75 Å². The molecule has 1 heterocycles. The molecule has 0 bridgehead atoms. The standard InChI is InChI=1S/C8H14O2S/c1-7(9)3-2-4-8(7)10-5-6-11-8/h9H,2-6H2,1H3/t7-,8-/m1/s1. The highest BCUT2D eigenvalue weighted by Crippen LogP contribution is 2.51. The number of thioether (sulfide) groups is 1. The summed E-state index contributed by atoms with van der Waals surface area (Å²) in [7, 11) is 0. The van der Waals surface area contributed by atoms with Crippen molar-refractivity contribution in [3.8, 4) is 0 Å². The van der Waals surface area contributed by atoms with E-state index in [9.17, 15) is 5.11 Å². The topological polar surface area (TPSA) is 29.5 Å². The van der Waals surface area contributed by atoms with Crippen LogP contribution >= 0.6 is 11.8 Å². The zero-order chi connectivity index (χ0) is 7.95. The van der Waals surface area contributed by atoms with E-state index in [2.05, 4.69) is 0 Å². The second-order valence-electron chi connectivity index (χ2n) is 3.58. The molecule has 64 valence electrons. The first-order valence-electron chi connectivity index (χ1n) is 4.17. The Bertz CT molecular complexity index is 156. The number of rotatable bonds is 0. The molecule has 0 aromatic carbocycles. The SMILES string of the molecule is C[C@@]1(O)CCC[C@]12OCCS2. The summed E-state index contributed by atoms with van der Waals surface area (Å²) in [5, 5.41) is 10.00. The van der Waals surface area contributed by atoms with Crippen molar-refractivity contribution in [1.29, 1.82) is 0 Å². The Morgan fingerprint density at radius 2 is 2.27 bits per heavy atom. The molecule has 2 atom stereocenters. The van der Waals surface area contributed by atoms with Crippen molar-refractivity contribution >= 4 is 11.8 Å². The summed E-state index contributed by atoms with van der Waals surface area (Å²) in [6.45, 7) is 2.71. The fourth-order valence-electron chi connectivity index (χ4n) is 2.04. The minimum atomic E-state index is -0.589. The normalized spacial score (nSPS) is 50.7. The van der Waals surface area contributed by atoms with Crippen molar-refractivity contribution in [3.05, 3.63) is 0 Å². The maximum atomic E-state index is 10.00. The first kappa shape index (κ1) is 7.90. The van der Waals surface area contributed by atoms with Crippen LogP contribution in [-0.2, 0) is 4.74 Å². The molecular weight excluding hydrogens is 160 g/mol. The molecule has 0 amide bonds. The second-order valence-corrected chi connectivity index (χ2v) is 4.93. The van der Waals surface area contributed by atoms with E-state index in [1.54, 1.807) is 11.8 Å². The van der Waals surface area contributed by atoms with E-state index in [1.807, 2.05) is 6.92 Å². The van der Waals surface area contributed by atoms with E-state index >= 15 is 0 Å².